The van der Waals surface area contributed by atoms with Crippen LogP contribution in [0.2, 0.25) is 0 Å². The van der Waals surface area contributed by atoms with E-state index < -0.39 is 0 Å². The SMILES string of the molecule is CCc1nccc(NC2CNC2)n1.CP. The molecule has 2 N–H and O–H groups in total. The smallest absolute Gasteiger partial charge is 0.130 e. The van der Waals surface area contributed by atoms with Gasteiger partial charge in [-0.2, -0.15) is 0 Å². The van der Waals surface area contributed by atoms with E-state index in [1.165, 1.54) is 0 Å². The van der Waals surface area contributed by atoms with Gasteiger partial charge in [0.25, 0.3) is 0 Å². The van der Waals surface area contributed by atoms with E-state index in [0.29, 0.717) is 6.04 Å². The van der Waals surface area contributed by atoms with Crippen molar-refractivity contribution in [3.05, 3.63) is 18.1 Å². The van der Waals surface area contributed by atoms with Crippen LogP contribution in [-0.4, -0.2) is 35.8 Å². The van der Waals surface area contributed by atoms with Crippen molar-refractivity contribution in [2.45, 2.75) is 19.4 Å². The highest BCUT2D eigenvalue weighted by Gasteiger charge is 2.16. The van der Waals surface area contributed by atoms with Gasteiger partial charge in [-0.1, -0.05) is 13.6 Å². The zero-order chi connectivity index (χ0) is 11.1. The lowest BCUT2D eigenvalue weighted by Crippen LogP contribution is -2.51. The second-order valence-corrected chi connectivity index (χ2v) is 3.21. The number of anilines is 1. The van der Waals surface area contributed by atoms with Crippen LogP contribution < -0.4 is 10.6 Å². The van der Waals surface area contributed by atoms with Crippen molar-refractivity contribution in [3.63, 3.8) is 0 Å². The van der Waals surface area contributed by atoms with Gasteiger partial charge in [-0.05, 0) is 6.07 Å². The minimum absolute atomic E-state index is 0.541. The number of hydrogen-bond donors (Lipinski definition) is 2. The molecule has 0 amide bonds. The van der Waals surface area contributed by atoms with E-state index in [4.69, 9.17) is 0 Å². The summed E-state index contributed by atoms with van der Waals surface area (Å²) in [6.45, 7) is 6.04. The molecule has 4 nitrogen and oxygen atoms in total. The van der Waals surface area contributed by atoms with Gasteiger partial charge in [-0.15, -0.1) is 9.24 Å². The average molecular weight is 226 g/mol. The Balaban J connectivity index is 0.000000531. The van der Waals surface area contributed by atoms with Gasteiger partial charge in [0, 0.05) is 25.7 Å². The normalized spacial score (nSPS) is 14.9. The molecule has 0 aromatic carbocycles. The van der Waals surface area contributed by atoms with Crippen LogP contribution in [-0.2, 0) is 6.42 Å². The first-order valence-corrected chi connectivity index (χ1v) is 6.41. The van der Waals surface area contributed by atoms with Crippen molar-refractivity contribution in [1.82, 2.24) is 15.3 Å². The van der Waals surface area contributed by atoms with E-state index >= 15 is 0 Å². The predicted molar refractivity (Wildman–Crippen MR) is 67.3 cm³/mol. The Morgan fingerprint density at radius 2 is 2.27 bits per heavy atom. The lowest BCUT2D eigenvalue weighted by Gasteiger charge is -2.28. The Kier molecular flexibility index (Phi) is 5.51. The highest BCUT2D eigenvalue weighted by molar-refractivity contribution is 7.15. The zero-order valence-electron chi connectivity index (χ0n) is 9.33. The molecule has 0 aliphatic carbocycles. The largest absolute Gasteiger partial charge is 0.365 e. The molecule has 0 radical (unpaired) electrons. The van der Waals surface area contributed by atoms with Crippen molar-refractivity contribution in [2.24, 2.45) is 0 Å². The van der Waals surface area contributed by atoms with Crippen LogP contribution in [0.4, 0.5) is 5.82 Å². The summed E-state index contributed by atoms with van der Waals surface area (Å²) in [6.07, 6.45) is 2.69. The fourth-order valence-corrected chi connectivity index (χ4v) is 1.25. The first-order valence-electron chi connectivity index (χ1n) is 5.25. The van der Waals surface area contributed by atoms with Gasteiger partial charge >= 0.3 is 0 Å². The van der Waals surface area contributed by atoms with Gasteiger partial charge in [-0.25, -0.2) is 9.97 Å². The Labute approximate surface area is 93.5 Å². The highest BCUT2D eigenvalue weighted by Crippen LogP contribution is 2.06. The first-order chi connectivity index (χ1) is 7.38. The molecular formula is C10H19N4P. The van der Waals surface area contributed by atoms with Crippen molar-refractivity contribution in [3.8, 4) is 0 Å². The van der Waals surface area contributed by atoms with Gasteiger partial charge in [-0.3, -0.25) is 0 Å². The number of aromatic nitrogens is 2. The Bertz CT molecular complexity index is 289. The van der Waals surface area contributed by atoms with Crippen LogP contribution in [0.15, 0.2) is 12.3 Å². The van der Waals surface area contributed by atoms with Crippen LogP contribution >= 0.6 is 9.24 Å². The first kappa shape index (κ1) is 12.3. The molecule has 15 heavy (non-hydrogen) atoms. The fourth-order valence-electron chi connectivity index (χ4n) is 1.25. The predicted octanol–water partition coefficient (Wildman–Crippen LogP) is 0.914. The molecule has 1 aliphatic rings. The molecule has 1 saturated heterocycles. The summed E-state index contributed by atoms with van der Waals surface area (Å²) >= 11 is 0. The summed E-state index contributed by atoms with van der Waals surface area (Å²) in [5, 5.41) is 6.54. The van der Waals surface area contributed by atoms with E-state index in [2.05, 4.69) is 36.8 Å². The minimum atomic E-state index is 0.541. The Morgan fingerprint density at radius 3 is 2.80 bits per heavy atom. The molecule has 2 rings (SSSR count). The van der Waals surface area contributed by atoms with E-state index in [9.17, 15) is 0 Å². The molecule has 1 unspecified atom stereocenters. The molecule has 1 aromatic rings. The summed E-state index contributed by atoms with van der Waals surface area (Å²) < 4.78 is 0. The Morgan fingerprint density at radius 1 is 1.53 bits per heavy atom. The molecule has 0 spiro atoms. The lowest BCUT2D eigenvalue weighted by atomic mass is 10.2. The zero-order valence-corrected chi connectivity index (χ0v) is 10.5. The molecular weight excluding hydrogens is 207 g/mol. The second-order valence-electron chi connectivity index (χ2n) is 3.21. The van der Waals surface area contributed by atoms with Gasteiger partial charge in [0.1, 0.15) is 11.6 Å². The quantitative estimate of drug-likeness (QED) is 0.752. The summed E-state index contributed by atoms with van der Waals surface area (Å²) in [4.78, 5) is 8.51. The van der Waals surface area contributed by atoms with Crippen molar-refractivity contribution in [1.29, 1.82) is 0 Å². The van der Waals surface area contributed by atoms with Crippen molar-refractivity contribution >= 4 is 15.1 Å². The number of rotatable bonds is 3. The highest BCUT2D eigenvalue weighted by atomic mass is 31.0. The Hall–Kier alpha value is -0.730. The minimum Gasteiger partial charge on any atom is -0.365 e. The van der Waals surface area contributed by atoms with Crippen LogP contribution in [0.25, 0.3) is 0 Å². The fraction of sp³-hybridized carbons (Fsp3) is 0.600. The average Bonchev–Trinajstić information content (AvgIpc) is 2.27. The van der Waals surface area contributed by atoms with E-state index in [1.54, 1.807) is 6.20 Å². The van der Waals surface area contributed by atoms with E-state index in [0.717, 1.165) is 31.2 Å². The monoisotopic (exact) mass is 226 g/mol. The number of nitrogens with zero attached hydrogens (tertiary/aromatic N) is 2. The number of aryl methyl sites for hydroxylation is 1. The third-order valence-electron chi connectivity index (χ3n) is 2.16. The van der Waals surface area contributed by atoms with Crippen molar-refractivity contribution < 1.29 is 0 Å². The lowest BCUT2D eigenvalue weighted by molar-refractivity contribution is 0.471. The number of hydrogen-bond acceptors (Lipinski definition) is 4. The molecule has 0 bridgehead atoms. The summed E-state index contributed by atoms with van der Waals surface area (Å²) in [7, 11) is 2.42. The second kappa shape index (κ2) is 6.70. The van der Waals surface area contributed by atoms with Gasteiger partial charge in [0.05, 0.1) is 6.04 Å². The van der Waals surface area contributed by atoms with E-state index in [-0.39, 0.29) is 0 Å². The summed E-state index contributed by atoms with van der Waals surface area (Å²) in [5.41, 5.74) is 0. The van der Waals surface area contributed by atoms with Gasteiger partial charge < -0.3 is 10.6 Å². The maximum absolute atomic E-state index is 4.36. The summed E-state index contributed by atoms with van der Waals surface area (Å²) in [5.74, 6) is 1.84. The van der Waals surface area contributed by atoms with Gasteiger partial charge in [0.2, 0.25) is 0 Å². The third kappa shape index (κ3) is 3.73. The molecule has 1 fully saturated rings. The molecule has 5 heteroatoms. The standard InChI is InChI=1S/C9H14N4.CH5P/c1-2-8-11-4-3-9(13-8)12-7-5-10-6-7;1-2/h3-4,7,10H,2,5-6H2,1H3,(H,11,12,13);2H2,1H3. The van der Waals surface area contributed by atoms with Gasteiger partial charge in [0.15, 0.2) is 0 Å². The molecule has 2 heterocycles. The van der Waals surface area contributed by atoms with Crippen LogP contribution in [0, 0.1) is 0 Å². The van der Waals surface area contributed by atoms with Crippen LogP contribution in [0.1, 0.15) is 12.7 Å². The molecule has 1 atom stereocenters. The van der Waals surface area contributed by atoms with Crippen molar-refractivity contribution in [2.75, 3.05) is 25.1 Å². The topological polar surface area (TPSA) is 49.8 Å². The summed E-state index contributed by atoms with van der Waals surface area (Å²) in [6, 6.07) is 2.46. The molecule has 1 aliphatic heterocycles. The van der Waals surface area contributed by atoms with Crippen LogP contribution in [0.3, 0.4) is 0 Å². The number of nitrogens with one attached hydrogen (secondary N) is 2. The molecule has 0 saturated carbocycles. The molecule has 84 valence electrons. The maximum atomic E-state index is 4.36. The maximum Gasteiger partial charge on any atom is 0.130 e. The molecule has 1 aromatic heterocycles. The van der Waals surface area contributed by atoms with Crippen LogP contribution in [0.5, 0.6) is 0 Å². The van der Waals surface area contributed by atoms with E-state index in [1.807, 2.05) is 12.7 Å². The third-order valence-corrected chi connectivity index (χ3v) is 2.16.